The minimum Gasteiger partial charge on any atom is -0.480 e. The highest BCUT2D eigenvalue weighted by molar-refractivity contribution is 7.89. The number of nitrogens with one attached hydrogen (secondary N) is 1. The van der Waals surface area contributed by atoms with Crippen LogP contribution in [-0.4, -0.2) is 31.3 Å². The van der Waals surface area contributed by atoms with Gasteiger partial charge in [-0.1, -0.05) is 24.3 Å². The van der Waals surface area contributed by atoms with E-state index in [-0.39, 0.29) is 5.75 Å². The molecular formula is C14H19NO4S. The Morgan fingerprint density at radius 3 is 2.40 bits per heavy atom. The monoisotopic (exact) mass is 297 g/mol. The van der Waals surface area contributed by atoms with Crippen molar-refractivity contribution in [1.29, 1.82) is 0 Å². The first-order chi connectivity index (χ1) is 9.37. The Morgan fingerprint density at radius 2 is 1.90 bits per heavy atom. The van der Waals surface area contributed by atoms with Gasteiger partial charge in [-0.25, -0.2) is 13.1 Å². The lowest BCUT2D eigenvalue weighted by Crippen LogP contribution is -2.39. The molecule has 1 aromatic carbocycles. The van der Waals surface area contributed by atoms with Gasteiger partial charge in [-0.3, -0.25) is 4.79 Å². The molecule has 0 aliphatic heterocycles. The van der Waals surface area contributed by atoms with Gasteiger partial charge in [-0.05, 0) is 43.2 Å². The molecule has 0 aromatic heterocycles. The number of hydrogen-bond acceptors (Lipinski definition) is 3. The molecule has 1 atom stereocenters. The van der Waals surface area contributed by atoms with Crippen molar-refractivity contribution in [3.8, 4) is 0 Å². The van der Waals surface area contributed by atoms with Crippen LogP contribution in [0.15, 0.2) is 24.3 Å². The molecular weight excluding hydrogens is 278 g/mol. The summed E-state index contributed by atoms with van der Waals surface area (Å²) < 4.78 is 25.8. The van der Waals surface area contributed by atoms with Gasteiger partial charge in [0.2, 0.25) is 10.0 Å². The van der Waals surface area contributed by atoms with E-state index in [1.54, 1.807) is 0 Å². The molecule has 0 unspecified atom stereocenters. The number of carboxylic acids is 1. The van der Waals surface area contributed by atoms with Crippen LogP contribution in [-0.2, 0) is 27.7 Å². The standard InChI is InChI=1S/C14H19NO4S/c1-10(14(16)17)15-20(18,19)7-6-11-8-12-4-2-3-5-13(12)9-11/h2-5,10-11,15H,6-9H2,1H3,(H,16,17)/t10-/m1/s1. The summed E-state index contributed by atoms with van der Waals surface area (Å²) in [5, 5.41) is 8.72. The van der Waals surface area contributed by atoms with Crippen molar-refractivity contribution in [2.75, 3.05) is 5.75 Å². The second-order valence-electron chi connectivity index (χ2n) is 5.33. The van der Waals surface area contributed by atoms with E-state index in [1.807, 2.05) is 12.1 Å². The van der Waals surface area contributed by atoms with Crippen LogP contribution in [0.5, 0.6) is 0 Å². The van der Waals surface area contributed by atoms with E-state index in [1.165, 1.54) is 18.1 Å². The summed E-state index contributed by atoms with van der Waals surface area (Å²) in [4.78, 5) is 10.7. The molecule has 0 fully saturated rings. The van der Waals surface area contributed by atoms with Gasteiger partial charge in [0, 0.05) is 0 Å². The van der Waals surface area contributed by atoms with Crippen LogP contribution in [0.3, 0.4) is 0 Å². The van der Waals surface area contributed by atoms with E-state index < -0.39 is 22.0 Å². The third-order valence-electron chi connectivity index (χ3n) is 3.66. The lowest BCUT2D eigenvalue weighted by atomic mass is 10.0. The molecule has 20 heavy (non-hydrogen) atoms. The number of hydrogen-bond donors (Lipinski definition) is 2. The molecule has 6 heteroatoms. The Morgan fingerprint density at radius 1 is 1.35 bits per heavy atom. The Hall–Kier alpha value is -1.40. The quantitative estimate of drug-likeness (QED) is 0.826. The summed E-state index contributed by atoms with van der Waals surface area (Å²) in [5.74, 6) is -0.866. The predicted octanol–water partition coefficient (Wildman–Crippen LogP) is 1.18. The topological polar surface area (TPSA) is 83.5 Å². The first-order valence-corrected chi connectivity index (χ1v) is 8.32. The van der Waals surface area contributed by atoms with E-state index in [9.17, 15) is 13.2 Å². The molecule has 0 radical (unpaired) electrons. The molecule has 110 valence electrons. The Balaban J connectivity index is 1.86. The van der Waals surface area contributed by atoms with Crippen molar-refractivity contribution in [1.82, 2.24) is 4.72 Å². The maximum absolute atomic E-state index is 11.8. The lowest BCUT2D eigenvalue weighted by Gasteiger charge is -2.12. The minimum absolute atomic E-state index is 0.0245. The van der Waals surface area contributed by atoms with Gasteiger partial charge in [0.1, 0.15) is 6.04 Å². The van der Waals surface area contributed by atoms with E-state index in [2.05, 4.69) is 16.9 Å². The highest BCUT2D eigenvalue weighted by Crippen LogP contribution is 2.28. The summed E-state index contributed by atoms with van der Waals surface area (Å²) in [7, 11) is -3.53. The van der Waals surface area contributed by atoms with Crippen molar-refractivity contribution >= 4 is 16.0 Å². The van der Waals surface area contributed by atoms with Gasteiger partial charge in [-0.2, -0.15) is 0 Å². The van der Waals surface area contributed by atoms with Crippen molar-refractivity contribution in [3.05, 3.63) is 35.4 Å². The van der Waals surface area contributed by atoms with Crippen molar-refractivity contribution in [2.45, 2.75) is 32.2 Å². The summed E-state index contributed by atoms with van der Waals surface area (Å²) in [6.07, 6.45) is 2.36. The highest BCUT2D eigenvalue weighted by Gasteiger charge is 2.24. The molecule has 0 saturated heterocycles. The molecule has 0 amide bonds. The largest absolute Gasteiger partial charge is 0.480 e. The van der Waals surface area contributed by atoms with Crippen LogP contribution in [0.4, 0.5) is 0 Å². The Bertz CT molecular complexity index is 572. The summed E-state index contributed by atoms with van der Waals surface area (Å²) >= 11 is 0. The number of rotatable bonds is 6. The van der Waals surface area contributed by atoms with Gasteiger partial charge in [0.25, 0.3) is 0 Å². The SMILES string of the molecule is C[C@@H](NS(=O)(=O)CCC1Cc2ccccc2C1)C(=O)O. The number of aliphatic carboxylic acids is 1. The zero-order valence-corrected chi connectivity index (χ0v) is 12.2. The van der Waals surface area contributed by atoms with Crippen LogP contribution >= 0.6 is 0 Å². The summed E-state index contributed by atoms with van der Waals surface area (Å²) in [6, 6.07) is 7.06. The van der Waals surface area contributed by atoms with E-state index in [0.29, 0.717) is 12.3 Å². The summed E-state index contributed by atoms with van der Waals surface area (Å²) in [6.45, 7) is 1.32. The molecule has 2 rings (SSSR count). The summed E-state index contributed by atoms with van der Waals surface area (Å²) in [5.41, 5.74) is 2.59. The van der Waals surface area contributed by atoms with Crippen LogP contribution in [0, 0.1) is 5.92 Å². The van der Waals surface area contributed by atoms with Crippen molar-refractivity contribution < 1.29 is 18.3 Å². The van der Waals surface area contributed by atoms with Gasteiger partial charge in [0.05, 0.1) is 5.75 Å². The fourth-order valence-corrected chi connectivity index (χ4v) is 3.96. The van der Waals surface area contributed by atoms with E-state index in [0.717, 1.165) is 12.8 Å². The number of carboxylic acid groups (broad SMARTS) is 1. The van der Waals surface area contributed by atoms with E-state index in [4.69, 9.17) is 5.11 Å². The van der Waals surface area contributed by atoms with Crippen LogP contribution in [0.25, 0.3) is 0 Å². The molecule has 0 saturated carbocycles. The minimum atomic E-state index is -3.53. The predicted molar refractivity (Wildman–Crippen MR) is 76.0 cm³/mol. The third kappa shape index (κ3) is 3.80. The molecule has 5 nitrogen and oxygen atoms in total. The second-order valence-corrected chi connectivity index (χ2v) is 7.20. The van der Waals surface area contributed by atoms with Crippen molar-refractivity contribution in [3.63, 3.8) is 0 Å². The van der Waals surface area contributed by atoms with Gasteiger partial charge < -0.3 is 5.11 Å². The maximum atomic E-state index is 11.8. The molecule has 1 aromatic rings. The first kappa shape index (κ1) is 15.0. The van der Waals surface area contributed by atoms with E-state index >= 15 is 0 Å². The van der Waals surface area contributed by atoms with Crippen molar-refractivity contribution in [2.24, 2.45) is 5.92 Å². The second kappa shape index (κ2) is 5.93. The zero-order chi connectivity index (χ0) is 14.8. The molecule has 2 N–H and O–H groups in total. The number of fused-ring (bicyclic) bond motifs is 1. The van der Waals surface area contributed by atoms with Crippen LogP contribution < -0.4 is 4.72 Å². The lowest BCUT2D eigenvalue weighted by molar-refractivity contribution is -0.138. The average molecular weight is 297 g/mol. The smallest absolute Gasteiger partial charge is 0.321 e. The van der Waals surface area contributed by atoms with Gasteiger partial charge in [0.15, 0.2) is 0 Å². The number of sulfonamides is 1. The fourth-order valence-electron chi connectivity index (χ4n) is 2.55. The maximum Gasteiger partial charge on any atom is 0.321 e. The Labute approximate surface area is 119 Å². The molecule has 1 aliphatic carbocycles. The fraction of sp³-hybridized carbons (Fsp3) is 0.500. The average Bonchev–Trinajstić information content (AvgIpc) is 2.78. The third-order valence-corrected chi connectivity index (χ3v) is 5.14. The highest BCUT2D eigenvalue weighted by atomic mass is 32.2. The van der Waals surface area contributed by atoms with Crippen LogP contribution in [0.2, 0.25) is 0 Å². The molecule has 1 aliphatic rings. The molecule has 0 spiro atoms. The van der Waals surface area contributed by atoms with Crippen LogP contribution in [0.1, 0.15) is 24.5 Å². The van der Waals surface area contributed by atoms with Gasteiger partial charge in [-0.15, -0.1) is 0 Å². The first-order valence-electron chi connectivity index (χ1n) is 6.67. The normalized spacial score (nSPS) is 16.9. The Kier molecular flexibility index (Phi) is 4.45. The molecule has 0 heterocycles. The van der Waals surface area contributed by atoms with Gasteiger partial charge >= 0.3 is 5.97 Å². The number of benzene rings is 1. The molecule has 0 bridgehead atoms. The number of carbonyl (C=O) groups is 1. The zero-order valence-electron chi connectivity index (χ0n) is 11.4.